The summed E-state index contributed by atoms with van der Waals surface area (Å²) in [7, 11) is -1.19. The summed E-state index contributed by atoms with van der Waals surface area (Å²) in [6.45, 7) is 0. The van der Waals surface area contributed by atoms with Crippen LogP contribution in [0.15, 0.2) is 17.5 Å². The molecule has 0 radical (unpaired) electrons. The van der Waals surface area contributed by atoms with Gasteiger partial charge >= 0.3 is 0 Å². The zero-order chi connectivity index (χ0) is 13.7. The van der Waals surface area contributed by atoms with Gasteiger partial charge in [0.05, 0.1) is 16.9 Å². The highest BCUT2D eigenvalue weighted by Crippen LogP contribution is 2.51. The second kappa shape index (κ2) is 4.31. The van der Waals surface area contributed by atoms with Crippen molar-refractivity contribution in [2.24, 2.45) is 0 Å². The SMILES string of the molecule is CN(C(=O)C1(c2cccs2)CC1)C1CCS(=O)(=O)C1. The summed E-state index contributed by atoms with van der Waals surface area (Å²) >= 11 is 1.61. The van der Waals surface area contributed by atoms with Gasteiger partial charge in [-0.3, -0.25) is 4.79 Å². The van der Waals surface area contributed by atoms with Crippen molar-refractivity contribution in [1.82, 2.24) is 4.90 Å². The number of likely N-dealkylation sites (N-methyl/N-ethyl adjacent to an activating group) is 1. The van der Waals surface area contributed by atoms with Crippen LogP contribution in [0.4, 0.5) is 0 Å². The molecule has 4 nitrogen and oxygen atoms in total. The Balaban J connectivity index is 1.78. The summed E-state index contributed by atoms with van der Waals surface area (Å²) in [5, 5.41) is 1.99. The molecule has 1 amide bonds. The number of hydrogen-bond acceptors (Lipinski definition) is 4. The summed E-state index contributed by atoms with van der Waals surface area (Å²) in [6, 6.07) is 3.83. The zero-order valence-electron chi connectivity index (χ0n) is 10.8. The molecule has 1 aliphatic heterocycles. The first kappa shape index (κ1) is 13.1. The molecule has 0 N–H and O–H groups in total. The second-order valence-corrected chi connectivity index (χ2v) is 8.71. The number of thiophene rings is 1. The Morgan fingerprint density at radius 2 is 2.21 bits per heavy atom. The Bertz CT molecular complexity index is 587. The molecule has 19 heavy (non-hydrogen) atoms. The van der Waals surface area contributed by atoms with Crippen LogP contribution >= 0.6 is 11.3 Å². The molecule has 1 saturated carbocycles. The van der Waals surface area contributed by atoms with Crippen LogP contribution in [0.25, 0.3) is 0 Å². The van der Waals surface area contributed by atoms with Gasteiger partial charge in [0.1, 0.15) is 0 Å². The largest absolute Gasteiger partial charge is 0.341 e. The summed E-state index contributed by atoms with van der Waals surface area (Å²) < 4.78 is 23.1. The van der Waals surface area contributed by atoms with E-state index < -0.39 is 9.84 Å². The van der Waals surface area contributed by atoms with E-state index in [0.717, 1.165) is 17.7 Å². The fraction of sp³-hybridized carbons (Fsp3) is 0.615. The summed E-state index contributed by atoms with van der Waals surface area (Å²) in [5.41, 5.74) is -0.352. The van der Waals surface area contributed by atoms with Crippen LogP contribution in [0, 0.1) is 0 Å². The molecule has 2 heterocycles. The van der Waals surface area contributed by atoms with E-state index in [1.54, 1.807) is 23.3 Å². The van der Waals surface area contributed by atoms with Crippen LogP contribution in [0.3, 0.4) is 0 Å². The van der Waals surface area contributed by atoms with E-state index in [9.17, 15) is 13.2 Å². The number of rotatable bonds is 3. The lowest BCUT2D eigenvalue weighted by Crippen LogP contribution is -2.43. The lowest BCUT2D eigenvalue weighted by Gasteiger charge is -2.27. The summed E-state index contributed by atoms with van der Waals surface area (Å²) in [4.78, 5) is 15.5. The third-order valence-corrected chi connectivity index (χ3v) is 7.05. The number of carbonyl (C=O) groups is 1. The molecule has 0 bridgehead atoms. The quantitative estimate of drug-likeness (QED) is 0.848. The van der Waals surface area contributed by atoms with Crippen molar-refractivity contribution >= 4 is 27.1 Å². The van der Waals surface area contributed by atoms with Crippen LogP contribution in [-0.2, 0) is 20.0 Å². The van der Waals surface area contributed by atoms with Crippen molar-refractivity contribution in [3.05, 3.63) is 22.4 Å². The van der Waals surface area contributed by atoms with E-state index in [-0.39, 0.29) is 28.9 Å². The number of nitrogens with zero attached hydrogens (tertiary/aromatic N) is 1. The molecule has 1 aromatic heterocycles. The highest BCUT2D eigenvalue weighted by molar-refractivity contribution is 7.91. The Kier molecular flexibility index (Phi) is 2.98. The number of hydrogen-bond donors (Lipinski definition) is 0. The first-order chi connectivity index (χ1) is 8.95. The van der Waals surface area contributed by atoms with Gasteiger partial charge in [0.15, 0.2) is 9.84 Å². The van der Waals surface area contributed by atoms with Gasteiger partial charge in [-0.05, 0) is 30.7 Å². The molecule has 1 atom stereocenters. The van der Waals surface area contributed by atoms with Crippen molar-refractivity contribution in [3.8, 4) is 0 Å². The molecule has 1 saturated heterocycles. The minimum absolute atomic E-state index is 0.0945. The normalized spacial score (nSPS) is 27.1. The Morgan fingerprint density at radius 1 is 1.47 bits per heavy atom. The van der Waals surface area contributed by atoms with E-state index >= 15 is 0 Å². The molecule has 1 unspecified atom stereocenters. The first-order valence-corrected chi connectivity index (χ1v) is 9.16. The van der Waals surface area contributed by atoms with Crippen LogP contribution in [-0.4, -0.2) is 43.8 Å². The van der Waals surface area contributed by atoms with Crippen LogP contribution < -0.4 is 0 Å². The molecule has 104 valence electrons. The van der Waals surface area contributed by atoms with Gasteiger partial charge in [-0.25, -0.2) is 8.42 Å². The Labute approximate surface area is 117 Å². The first-order valence-electron chi connectivity index (χ1n) is 6.46. The Hall–Kier alpha value is -0.880. The lowest BCUT2D eigenvalue weighted by atomic mass is 10.0. The molecular weight excluding hydrogens is 282 g/mol. The van der Waals surface area contributed by atoms with E-state index in [2.05, 4.69) is 0 Å². The van der Waals surface area contributed by atoms with E-state index in [1.807, 2.05) is 17.5 Å². The molecular formula is C13H17NO3S2. The van der Waals surface area contributed by atoms with Gasteiger partial charge in [-0.2, -0.15) is 0 Å². The highest BCUT2D eigenvalue weighted by atomic mass is 32.2. The third-order valence-electron chi connectivity index (χ3n) is 4.23. The molecule has 2 aliphatic rings. The van der Waals surface area contributed by atoms with Gasteiger partial charge in [0, 0.05) is 18.0 Å². The number of carbonyl (C=O) groups excluding carboxylic acids is 1. The Morgan fingerprint density at radius 3 is 2.68 bits per heavy atom. The average molecular weight is 299 g/mol. The van der Waals surface area contributed by atoms with E-state index in [1.165, 1.54) is 0 Å². The molecule has 2 fully saturated rings. The van der Waals surface area contributed by atoms with Crippen molar-refractivity contribution < 1.29 is 13.2 Å². The topological polar surface area (TPSA) is 54.5 Å². The minimum atomic E-state index is -2.94. The second-order valence-electron chi connectivity index (χ2n) is 5.53. The van der Waals surface area contributed by atoms with Gasteiger partial charge < -0.3 is 4.90 Å². The standard InChI is InChI=1S/C13H17NO3S2/c1-14(10-4-8-19(16,17)9-10)12(15)13(5-6-13)11-3-2-7-18-11/h2-3,7,10H,4-6,8-9H2,1H3. The van der Waals surface area contributed by atoms with Gasteiger partial charge in [-0.1, -0.05) is 6.07 Å². The maximum Gasteiger partial charge on any atom is 0.234 e. The van der Waals surface area contributed by atoms with E-state index in [0.29, 0.717) is 6.42 Å². The van der Waals surface area contributed by atoms with Crippen LogP contribution in [0.2, 0.25) is 0 Å². The highest BCUT2D eigenvalue weighted by Gasteiger charge is 2.54. The van der Waals surface area contributed by atoms with Crippen LogP contribution in [0.5, 0.6) is 0 Å². The van der Waals surface area contributed by atoms with Crippen LogP contribution in [0.1, 0.15) is 24.1 Å². The van der Waals surface area contributed by atoms with E-state index in [4.69, 9.17) is 0 Å². The summed E-state index contributed by atoms with van der Waals surface area (Å²) in [6.07, 6.45) is 2.34. The maximum absolute atomic E-state index is 12.7. The van der Waals surface area contributed by atoms with Crippen molar-refractivity contribution in [2.45, 2.75) is 30.7 Å². The number of sulfone groups is 1. The predicted molar refractivity (Wildman–Crippen MR) is 75.1 cm³/mol. The molecule has 0 spiro atoms. The summed E-state index contributed by atoms with van der Waals surface area (Å²) in [5.74, 6) is 0.425. The fourth-order valence-electron chi connectivity index (χ4n) is 2.83. The minimum Gasteiger partial charge on any atom is -0.341 e. The molecule has 3 rings (SSSR count). The lowest BCUT2D eigenvalue weighted by molar-refractivity contribution is -0.134. The maximum atomic E-state index is 12.7. The van der Waals surface area contributed by atoms with Gasteiger partial charge in [0.2, 0.25) is 5.91 Å². The fourth-order valence-corrected chi connectivity index (χ4v) is 5.58. The third kappa shape index (κ3) is 2.21. The van der Waals surface area contributed by atoms with Gasteiger partial charge in [0.25, 0.3) is 0 Å². The molecule has 1 aromatic rings. The van der Waals surface area contributed by atoms with Crippen molar-refractivity contribution in [3.63, 3.8) is 0 Å². The average Bonchev–Trinajstić information content (AvgIpc) is 2.83. The monoisotopic (exact) mass is 299 g/mol. The smallest absolute Gasteiger partial charge is 0.234 e. The molecule has 6 heteroatoms. The molecule has 0 aromatic carbocycles. The zero-order valence-corrected chi connectivity index (χ0v) is 12.5. The van der Waals surface area contributed by atoms with Gasteiger partial charge in [-0.15, -0.1) is 11.3 Å². The van der Waals surface area contributed by atoms with Crippen molar-refractivity contribution in [1.29, 1.82) is 0 Å². The molecule has 1 aliphatic carbocycles. The van der Waals surface area contributed by atoms with Crippen molar-refractivity contribution in [2.75, 3.05) is 18.6 Å². The number of amides is 1. The predicted octanol–water partition coefficient (Wildman–Crippen LogP) is 1.43.